The molecule has 7 nitrogen and oxygen atoms in total. The maximum absolute atomic E-state index is 12.7. The number of para-hydroxylation sites is 2. The molecule has 0 radical (unpaired) electrons. The molecule has 0 bridgehead atoms. The fraction of sp³-hybridized carbons (Fsp3) is 0.316. The summed E-state index contributed by atoms with van der Waals surface area (Å²) in [6, 6.07) is 11.2. The SMILES string of the molecule is CNCCCNC(=O)c1cc(S(=O)(=O)Nc2ccccc2OC)ccc1C. The van der Waals surface area contributed by atoms with Gasteiger partial charge < -0.3 is 15.4 Å². The van der Waals surface area contributed by atoms with Crippen LogP contribution in [0.15, 0.2) is 47.4 Å². The fourth-order valence-corrected chi connectivity index (χ4v) is 3.60. The Bertz CT molecular complexity index is 898. The van der Waals surface area contributed by atoms with E-state index >= 15 is 0 Å². The first-order valence-corrected chi connectivity index (χ1v) is 10.1. The molecule has 0 atom stereocenters. The minimum absolute atomic E-state index is 0.0133. The number of aryl methyl sites for hydroxylation is 1. The van der Waals surface area contributed by atoms with Crippen molar-refractivity contribution in [3.05, 3.63) is 53.6 Å². The Labute approximate surface area is 160 Å². The summed E-state index contributed by atoms with van der Waals surface area (Å²) in [7, 11) is -0.558. The molecule has 2 aromatic carbocycles. The summed E-state index contributed by atoms with van der Waals surface area (Å²) in [4.78, 5) is 12.4. The monoisotopic (exact) mass is 391 g/mol. The van der Waals surface area contributed by atoms with Crippen molar-refractivity contribution in [1.82, 2.24) is 10.6 Å². The summed E-state index contributed by atoms with van der Waals surface area (Å²) in [5, 5.41) is 5.81. The van der Waals surface area contributed by atoms with Crippen molar-refractivity contribution in [2.45, 2.75) is 18.2 Å². The van der Waals surface area contributed by atoms with Crippen molar-refractivity contribution in [2.24, 2.45) is 0 Å². The molecule has 0 aliphatic heterocycles. The highest BCUT2D eigenvalue weighted by Crippen LogP contribution is 2.26. The van der Waals surface area contributed by atoms with Crippen LogP contribution in [0.5, 0.6) is 5.75 Å². The summed E-state index contributed by atoms with van der Waals surface area (Å²) < 4.78 is 33.2. The van der Waals surface area contributed by atoms with Crippen molar-refractivity contribution in [1.29, 1.82) is 0 Å². The molecule has 0 saturated heterocycles. The standard InChI is InChI=1S/C19H25N3O4S/c1-14-9-10-15(13-16(14)19(23)21-12-6-11-20-2)27(24,25)22-17-7-4-5-8-18(17)26-3/h4-5,7-10,13,20,22H,6,11-12H2,1-3H3,(H,21,23). The second-order valence-electron chi connectivity index (χ2n) is 6.00. The van der Waals surface area contributed by atoms with Gasteiger partial charge in [0.2, 0.25) is 0 Å². The zero-order chi connectivity index (χ0) is 19.9. The number of benzene rings is 2. The first-order chi connectivity index (χ1) is 12.9. The number of rotatable bonds is 9. The third-order valence-corrected chi connectivity index (χ3v) is 5.37. The minimum Gasteiger partial charge on any atom is -0.495 e. The number of ether oxygens (including phenoxy) is 1. The van der Waals surface area contributed by atoms with Crippen LogP contribution in [0.25, 0.3) is 0 Å². The van der Waals surface area contributed by atoms with Crippen LogP contribution in [0, 0.1) is 6.92 Å². The molecule has 0 heterocycles. The normalized spacial score (nSPS) is 11.1. The quantitative estimate of drug-likeness (QED) is 0.569. The highest BCUT2D eigenvalue weighted by atomic mass is 32.2. The van der Waals surface area contributed by atoms with Crippen LogP contribution in [0.3, 0.4) is 0 Å². The molecule has 0 unspecified atom stereocenters. The van der Waals surface area contributed by atoms with E-state index in [2.05, 4.69) is 15.4 Å². The van der Waals surface area contributed by atoms with Gasteiger partial charge in [0.1, 0.15) is 5.75 Å². The average Bonchev–Trinajstić information content (AvgIpc) is 2.65. The van der Waals surface area contributed by atoms with Gasteiger partial charge in [-0.1, -0.05) is 18.2 Å². The van der Waals surface area contributed by atoms with Crippen molar-refractivity contribution in [3.63, 3.8) is 0 Å². The number of methoxy groups -OCH3 is 1. The van der Waals surface area contributed by atoms with Crippen LogP contribution in [0.1, 0.15) is 22.3 Å². The highest BCUT2D eigenvalue weighted by molar-refractivity contribution is 7.92. The molecule has 0 aliphatic rings. The third kappa shape index (κ3) is 5.45. The Hall–Kier alpha value is -2.58. The van der Waals surface area contributed by atoms with Crippen LogP contribution in [-0.4, -0.2) is 41.6 Å². The lowest BCUT2D eigenvalue weighted by Crippen LogP contribution is -2.27. The van der Waals surface area contributed by atoms with Crippen LogP contribution >= 0.6 is 0 Å². The molecular formula is C19H25N3O4S. The maximum Gasteiger partial charge on any atom is 0.262 e. The molecule has 27 heavy (non-hydrogen) atoms. The smallest absolute Gasteiger partial charge is 0.262 e. The van der Waals surface area contributed by atoms with Crippen molar-refractivity contribution < 1.29 is 17.9 Å². The van der Waals surface area contributed by atoms with Gasteiger partial charge in [0, 0.05) is 12.1 Å². The largest absolute Gasteiger partial charge is 0.495 e. The van der Waals surface area contributed by atoms with E-state index in [0.29, 0.717) is 29.1 Å². The number of hydrogen-bond acceptors (Lipinski definition) is 5. The van der Waals surface area contributed by atoms with Gasteiger partial charge in [-0.15, -0.1) is 0 Å². The number of hydrogen-bond donors (Lipinski definition) is 3. The second kappa shape index (κ2) is 9.38. The molecule has 2 rings (SSSR count). The molecule has 0 aliphatic carbocycles. The average molecular weight is 391 g/mol. The molecule has 8 heteroatoms. The molecule has 3 N–H and O–H groups in total. The van der Waals surface area contributed by atoms with E-state index < -0.39 is 10.0 Å². The Balaban J connectivity index is 2.23. The zero-order valence-corrected chi connectivity index (χ0v) is 16.5. The van der Waals surface area contributed by atoms with E-state index in [9.17, 15) is 13.2 Å². The Morgan fingerprint density at radius 2 is 1.85 bits per heavy atom. The van der Waals surface area contributed by atoms with E-state index in [0.717, 1.165) is 13.0 Å². The summed E-state index contributed by atoms with van der Waals surface area (Å²) in [5.41, 5.74) is 1.37. The summed E-state index contributed by atoms with van der Waals surface area (Å²) in [6.07, 6.45) is 0.786. The lowest BCUT2D eigenvalue weighted by molar-refractivity contribution is 0.0952. The lowest BCUT2D eigenvalue weighted by atomic mass is 10.1. The molecule has 0 aromatic heterocycles. The topological polar surface area (TPSA) is 96.5 Å². The summed E-state index contributed by atoms with van der Waals surface area (Å²) >= 11 is 0. The van der Waals surface area contributed by atoms with E-state index in [4.69, 9.17) is 4.74 Å². The molecule has 0 fully saturated rings. The van der Waals surface area contributed by atoms with Crippen molar-refractivity contribution in [2.75, 3.05) is 32.0 Å². The van der Waals surface area contributed by atoms with Gasteiger partial charge in [0.05, 0.1) is 17.7 Å². The Morgan fingerprint density at radius 1 is 1.11 bits per heavy atom. The number of carbonyl (C=O) groups is 1. The molecule has 2 aromatic rings. The van der Waals surface area contributed by atoms with Gasteiger partial charge in [0.25, 0.3) is 15.9 Å². The highest BCUT2D eigenvalue weighted by Gasteiger charge is 2.19. The van der Waals surface area contributed by atoms with Crippen molar-refractivity contribution in [3.8, 4) is 5.75 Å². The van der Waals surface area contributed by atoms with Gasteiger partial charge in [-0.3, -0.25) is 9.52 Å². The van der Waals surface area contributed by atoms with Gasteiger partial charge in [0.15, 0.2) is 0 Å². The number of amides is 1. The van der Waals surface area contributed by atoms with E-state index in [1.54, 1.807) is 37.3 Å². The van der Waals surface area contributed by atoms with Crippen LogP contribution < -0.4 is 20.1 Å². The van der Waals surface area contributed by atoms with Crippen molar-refractivity contribution >= 4 is 21.6 Å². The minimum atomic E-state index is -3.87. The predicted molar refractivity (Wildman–Crippen MR) is 106 cm³/mol. The molecular weight excluding hydrogens is 366 g/mol. The number of anilines is 1. The maximum atomic E-state index is 12.7. The first-order valence-electron chi connectivity index (χ1n) is 8.58. The molecule has 0 spiro atoms. The van der Waals surface area contributed by atoms with Gasteiger partial charge in [-0.2, -0.15) is 0 Å². The van der Waals surface area contributed by atoms with E-state index in [-0.39, 0.29) is 10.8 Å². The lowest BCUT2D eigenvalue weighted by Gasteiger charge is -2.13. The van der Waals surface area contributed by atoms with E-state index in [1.165, 1.54) is 19.2 Å². The van der Waals surface area contributed by atoms with Crippen LogP contribution in [0.4, 0.5) is 5.69 Å². The van der Waals surface area contributed by atoms with E-state index in [1.807, 2.05) is 7.05 Å². The number of sulfonamides is 1. The summed E-state index contributed by atoms with van der Waals surface area (Å²) in [5.74, 6) is 0.119. The Kier molecular flexibility index (Phi) is 7.20. The molecule has 0 saturated carbocycles. The zero-order valence-electron chi connectivity index (χ0n) is 15.7. The van der Waals surface area contributed by atoms with Crippen LogP contribution in [-0.2, 0) is 10.0 Å². The molecule has 146 valence electrons. The molecule has 1 amide bonds. The second-order valence-corrected chi connectivity index (χ2v) is 7.68. The summed E-state index contributed by atoms with van der Waals surface area (Å²) in [6.45, 7) is 3.07. The first kappa shape index (κ1) is 20.7. The number of carbonyl (C=O) groups excluding carboxylic acids is 1. The fourth-order valence-electron chi connectivity index (χ4n) is 2.51. The van der Waals surface area contributed by atoms with Crippen LogP contribution in [0.2, 0.25) is 0 Å². The number of nitrogens with one attached hydrogen (secondary N) is 3. The third-order valence-electron chi connectivity index (χ3n) is 4.00. The van der Waals surface area contributed by atoms with Gasteiger partial charge in [-0.05, 0) is 56.8 Å². The van der Waals surface area contributed by atoms with Gasteiger partial charge in [-0.25, -0.2) is 8.42 Å². The predicted octanol–water partition coefficient (Wildman–Crippen LogP) is 2.14. The Morgan fingerprint density at radius 3 is 2.56 bits per heavy atom. The van der Waals surface area contributed by atoms with Gasteiger partial charge >= 0.3 is 0 Å².